The largest absolute Gasteiger partial charge is 0.469 e. The minimum Gasteiger partial charge on any atom is -0.469 e. The van der Waals surface area contributed by atoms with Crippen molar-refractivity contribution < 1.29 is 37.5 Å². The number of ether oxygens (including phenoxy) is 1. The van der Waals surface area contributed by atoms with Crippen molar-refractivity contribution in [2.45, 2.75) is 19.8 Å². The second-order valence-corrected chi connectivity index (χ2v) is 5.80. The number of rotatable bonds is 8. The normalized spacial score (nSPS) is 10.6. The van der Waals surface area contributed by atoms with Gasteiger partial charge in [0, 0.05) is 6.42 Å². The van der Waals surface area contributed by atoms with Crippen LogP contribution in [0.2, 0.25) is 0 Å². The van der Waals surface area contributed by atoms with Gasteiger partial charge in [-0.1, -0.05) is 11.3 Å². The third-order valence-corrected chi connectivity index (χ3v) is 3.89. The molecule has 0 bridgehead atoms. The summed E-state index contributed by atoms with van der Waals surface area (Å²) in [5, 5.41) is 11.8. The van der Waals surface area contributed by atoms with Crippen LogP contribution >= 0.6 is 0 Å². The Morgan fingerprint density at radius 1 is 1.14 bits per heavy atom. The smallest absolute Gasteiger partial charge is 0.305 e. The molecule has 0 saturated carbocycles. The number of hydrogen-bond donors (Lipinski definition) is 2. The van der Waals surface area contributed by atoms with E-state index in [2.05, 4.69) is 14.9 Å². The van der Waals surface area contributed by atoms with E-state index >= 15 is 0 Å². The van der Waals surface area contributed by atoms with Crippen LogP contribution in [0.1, 0.15) is 29.3 Å². The number of methoxy groups -OCH3 is 1. The summed E-state index contributed by atoms with van der Waals surface area (Å²) in [6, 6.07) is 5.46. The van der Waals surface area contributed by atoms with Crippen LogP contribution in [0.3, 0.4) is 0 Å². The SMILES string of the molecule is CCON(O)C(=O)c1ccc(F)c(F)c1Nc1ccc(CCC(=O)OC)cc1F. The molecule has 2 N–H and O–H groups in total. The zero-order chi connectivity index (χ0) is 21.6. The fourth-order valence-electron chi connectivity index (χ4n) is 2.43. The summed E-state index contributed by atoms with van der Waals surface area (Å²) in [6.07, 6.45) is 0.263. The number of esters is 1. The molecule has 1 amide bonds. The number of nitrogens with zero attached hydrogens (tertiary/aromatic N) is 1. The molecule has 0 aliphatic carbocycles. The molecule has 156 valence electrons. The van der Waals surface area contributed by atoms with E-state index in [-0.39, 0.29) is 30.4 Å². The standard InChI is InChI=1S/C19H19F3N2O5/c1-3-29-24(27)19(26)12-6-7-13(20)17(22)18(12)23-15-8-4-11(10-14(15)21)5-9-16(25)28-2/h4,6-8,10,23,27H,3,5,9H2,1-2H3. The molecule has 2 aromatic rings. The minimum absolute atomic E-state index is 0.0453. The van der Waals surface area contributed by atoms with Crippen molar-refractivity contribution >= 4 is 23.3 Å². The number of nitrogens with one attached hydrogen (secondary N) is 1. The second-order valence-electron chi connectivity index (χ2n) is 5.80. The number of anilines is 2. The number of hydrogen-bond acceptors (Lipinski definition) is 6. The van der Waals surface area contributed by atoms with Crippen LogP contribution in [0.25, 0.3) is 0 Å². The monoisotopic (exact) mass is 412 g/mol. The van der Waals surface area contributed by atoms with Crippen LogP contribution in [0, 0.1) is 17.5 Å². The summed E-state index contributed by atoms with van der Waals surface area (Å²) in [4.78, 5) is 28.0. The van der Waals surface area contributed by atoms with Crippen LogP contribution in [-0.4, -0.2) is 36.0 Å². The quantitative estimate of drug-likeness (QED) is 0.390. The molecule has 0 radical (unpaired) electrons. The molecular formula is C19H19F3N2O5. The predicted molar refractivity (Wildman–Crippen MR) is 96.0 cm³/mol. The lowest BCUT2D eigenvalue weighted by Gasteiger charge is -2.17. The average Bonchev–Trinajstić information content (AvgIpc) is 2.70. The number of halogens is 3. The van der Waals surface area contributed by atoms with Crippen molar-refractivity contribution in [1.29, 1.82) is 0 Å². The molecule has 0 heterocycles. The van der Waals surface area contributed by atoms with E-state index in [1.54, 1.807) is 0 Å². The van der Waals surface area contributed by atoms with Gasteiger partial charge in [0.05, 0.1) is 30.7 Å². The molecule has 0 atom stereocenters. The predicted octanol–water partition coefficient (Wildman–Crippen LogP) is 3.74. The third kappa shape index (κ3) is 5.46. The van der Waals surface area contributed by atoms with Gasteiger partial charge in [0.15, 0.2) is 11.6 Å². The lowest BCUT2D eigenvalue weighted by Crippen LogP contribution is -2.28. The Kier molecular flexibility index (Phi) is 7.57. The first kappa shape index (κ1) is 22.2. The Hall–Kier alpha value is -3.11. The van der Waals surface area contributed by atoms with Gasteiger partial charge in [-0.15, -0.1) is 0 Å². The van der Waals surface area contributed by atoms with Crippen LogP contribution in [0.5, 0.6) is 0 Å². The average molecular weight is 412 g/mol. The molecular weight excluding hydrogens is 393 g/mol. The fourth-order valence-corrected chi connectivity index (χ4v) is 2.43. The first-order valence-corrected chi connectivity index (χ1v) is 8.55. The highest BCUT2D eigenvalue weighted by molar-refractivity contribution is 5.99. The van der Waals surface area contributed by atoms with Crippen LogP contribution in [-0.2, 0) is 20.8 Å². The molecule has 0 aromatic heterocycles. The highest BCUT2D eigenvalue weighted by Crippen LogP contribution is 2.29. The highest BCUT2D eigenvalue weighted by Gasteiger charge is 2.24. The van der Waals surface area contributed by atoms with Crippen LogP contribution < -0.4 is 5.32 Å². The molecule has 10 heteroatoms. The molecule has 0 fully saturated rings. The van der Waals surface area contributed by atoms with E-state index in [1.165, 1.54) is 26.2 Å². The van der Waals surface area contributed by atoms with E-state index in [0.717, 1.165) is 12.1 Å². The van der Waals surface area contributed by atoms with Gasteiger partial charge in [-0.3, -0.25) is 14.8 Å². The number of amides is 1. The van der Waals surface area contributed by atoms with E-state index < -0.39 is 40.6 Å². The maximum atomic E-state index is 14.4. The lowest BCUT2D eigenvalue weighted by molar-refractivity contribution is -0.294. The zero-order valence-corrected chi connectivity index (χ0v) is 15.7. The van der Waals surface area contributed by atoms with Crippen molar-refractivity contribution in [1.82, 2.24) is 5.23 Å². The molecule has 2 aromatic carbocycles. The maximum absolute atomic E-state index is 14.4. The van der Waals surface area contributed by atoms with Gasteiger partial charge in [0.25, 0.3) is 0 Å². The summed E-state index contributed by atoms with van der Waals surface area (Å²) in [5.41, 5.74) is -0.914. The Morgan fingerprint density at radius 3 is 2.48 bits per heavy atom. The molecule has 0 spiro atoms. The Labute approximate surface area is 164 Å². The first-order valence-electron chi connectivity index (χ1n) is 8.55. The number of carbonyl (C=O) groups excluding carboxylic acids is 2. The topological polar surface area (TPSA) is 88.1 Å². The molecule has 7 nitrogen and oxygen atoms in total. The summed E-state index contributed by atoms with van der Waals surface area (Å²) in [7, 11) is 1.24. The second kappa shape index (κ2) is 9.89. The van der Waals surface area contributed by atoms with Gasteiger partial charge in [0.2, 0.25) is 0 Å². The summed E-state index contributed by atoms with van der Waals surface area (Å²) >= 11 is 0. The van der Waals surface area contributed by atoms with Crippen molar-refractivity contribution in [3.05, 3.63) is 58.9 Å². The Bertz CT molecular complexity index is 908. The first-order chi connectivity index (χ1) is 13.8. The number of benzene rings is 2. The summed E-state index contributed by atoms with van der Waals surface area (Å²) in [6.45, 7) is 1.44. The molecule has 0 aliphatic heterocycles. The van der Waals surface area contributed by atoms with E-state index in [1.807, 2.05) is 0 Å². The molecule has 2 rings (SSSR count). The van der Waals surface area contributed by atoms with Crippen molar-refractivity contribution in [3.63, 3.8) is 0 Å². The Balaban J connectivity index is 2.32. The molecule has 0 unspecified atom stereocenters. The van der Waals surface area contributed by atoms with Crippen LogP contribution in [0.4, 0.5) is 24.5 Å². The summed E-state index contributed by atoms with van der Waals surface area (Å²) in [5.74, 6) is -5.17. The van der Waals surface area contributed by atoms with Gasteiger partial charge >= 0.3 is 11.9 Å². The summed E-state index contributed by atoms with van der Waals surface area (Å²) < 4.78 is 46.9. The fraction of sp³-hybridized carbons (Fsp3) is 0.263. The van der Waals surface area contributed by atoms with Crippen molar-refractivity contribution in [2.75, 3.05) is 19.0 Å². The van der Waals surface area contributed by atoms with E-state index in [4.69, 9.17) is 0 Å². The molecule has 29 heavy (non-hydrogen) atoms. The van der Waals surface area contributed by atoms with E-state index in [9.17, 15) is 28.0 Å². The van der Waals surface area contributed by atoms with Gasteiger partial charge in [-0.05, 0) is 43.2 Å². The van der Waals surface area contributed by atoms with Crippen molar-refractivity contribution in [2.24, 2.45) is 0 Å². The minimum atomic E-state index is -1.44. The number of aryl methyl sites for hydroxylation is 1. The lowest BCUT2D eigenvalue weighted by atomic mass is 10.1. The van der Waals surface area contributed by atoms with E-state index in [0.29, 0.717) is 11.6 Å². The van der Waals surface area contributed by atoms with Gasteiger partial charge in [0.1, 0.15) is 5.82 Å². The van der Waals surface area contributed by atoms with Gasteiger partial charge in [-0.2, -0.15) is 0 Å². The highest BCUT2D eigenvalue weighted by atomic mass is 19.2. The number of hydroxylamine groups is 2. The Morgan fingerprint density at radius 2 is 1.86 bits per heavy atom. The van der Waals surface area contributed by atoms with Gasteiger partial charge < -0.3 is 10.1 Å². The molecule has 0 saturated heterocycles. The van der Waals surface area contributed by atoms with Crippen LogP contribution in [0.15, 0.2) is 30.3 Å². The van der Waals surface area contributed by atoms with Gasteiger partial charge in [-0.25, -0.2) is 18.0 Å². The number of carbonyl (C=O) groups is 2. The third-order valence-electron chi connectivity index (χ3n) is 3.89. The molecule has 0 aliphatic rings. The van der Waals surface area contributed by atoms with Crippen molar-refractivity contribution in [3.8, 4) is 0 Å². The zero-order valence-electron chi connectivity index (χ0n) is 15.7. The maximum Gasteiger partial charge on any atom is 0.305 e.